The lowest BCUT2D eigenvalue weighted by Gasteiger charge is -2.43. The molecule has 0 radical (unpaired) electrons. The summed E-state index contributed by atoms with van der Waals surface area (Å²) in [6.45, 7) is -0.538. The minimum absolute atomic E-state index is 0.0247. The fraction of sp³-hybridized carbons (Fsp3) is 0.414. The maximum atomic E-state index is 13.6. The molecule has 0 saturated carbocycles. The SMILES string of the molecule is COc1ccc2[nH]c(C(=O)N3CC(=O)N(Cc4cccc(OC(F)F)c4)[C@@H](CN4CCC(C#N)CC4)C3)cc2c1. The van der Waals surface area contributed by atoms with Gasteiger partial charge in [0.05, 0.1) is 19.2 Å². The van der Waals surface area contributed by atoms with Crippen molar-refractivity contribution in [3.05, 3.63) is 59.8 Å². The molecular formula is C29H31F2N5O4. The van der Waals surface area contributed by atoms with Crippen LogP contribution in [-0.2, 0) is 11.3 Å². The van der Waals surface area contributed by atoms with Gasteiger partial charge in [-0.15, -0.1) is 0 Å². The van der Waals surface area contributed by atoms with Crippen LogP contribution in [0.4, 0.5) is 8.78 Å². The van der Waals surface area contributed by atoms with Gasteiger partial charge >= 0.3 is 6.61 Å². The van der Waals surface area contributed by atoms with Crippen molar-refractivity contribution in [2.45, 2.75) is 32.0 Å². The number of amides is 2. The molecule has 2 amide bonds. The molecule has 9 nitrogen and oxygen atoms in total. The van der Waals surface area contributed by atoms with Crippen LogP contribution in [0.15, 0.2) is 48.5 Å². The number of nitriles is 1. The molecule has 2 aromatic carbocycles. The van der Waals surface area contributed by atoms with Crippen LogP contribution < -0.4 is 9.47 Å². The monoisotopic (exact) mass is 551 g/mol. The second-order valence-corrected chi connectivity index (χ2v) is 10.2. The van der Waals surface area contributed by atoms with Crippen molar-refractivity contribution < 1.29 is 27.8 Å². The zero-order valence-electron chi connectivity index (χ0n) is 22.2. The van der Waals surface area contributed by atoms with Crippen molar-refractivity contribution in [2.75, 3.05) is 39.8 Å². The van der Waals surface area contributed by atoms with Crippen LogP contribution in [0.1, 0.15) is 28.9 Å². The molecule has 0 aliphatic carbocycles. The van der Waals surface area contributed by atoms with Crippen molar-refractivity contribution in [3.63, 3.8) is 0 Å². The fourth-order valence-electron chi connectivity index (χ4n) is 5.49. The Labute approximate surface area is 230 Å². The van der Waals surface area contributed by atoms with Gasteiger partial charge < -0.3 is 29.2 Å². The molecule has 1 aromatic heterocycles. The molecule has 40 heavy (non-hydrogen) atoms. The van der Waals surface area contributed by atoms with Crippen LogP contribution in [0.2, 0.25) is 0 Å². The van der Waals surface area contributed by atoms with Gasteiger partial charge in [0.2, 0.25) is 5.91 Å². The Balaban J connectivity index is 1.36. The van der Waals surface area contributed by atoms with Gasteiger partial charge in [-0.3, -0.25) is 9.59 Å². The maximum absolute atomic E-state index is 13.6. The molecule has 2 aliphatic rings. The number of fused-ring (bicyclic) bond motifs is 1. The Morgan fingerprint density at radius 2 is 1.95 bits per heavy atom. The second-order valence-electron chi connectivity index (χ2n) is 10.2. The van der Waals surface area contributed by atoms with E-state index in [0.29, 0.717) is 30.1 Å². The Hall–Kier alpha value is -4.17. The predicted octanol–water partition coefficient (Wildman–Crippen LogP) is 3.87. The van der Waals surface area contributed by atoms with Crippen LogP contribution in [0, 0.1) is 17.2 Å². The van der Waals surface area contributed by atoms with Crippen LogP contribution in [0.3, 0.4) is 0 Å². The molecule has 0 bridgehead atoms. The summed E-state index contributed by atoms with van der Waals surface area (Å²) in [6, 6.07) is 15.6. The molecule has 3 heterocycles. The van der Waals surface area contributed by atoms with E-state index < -0.39 is 6.61 Å². The molecule has 0 unspecified atom stereocenters. The van der Waals surface area contributed by atoms with Gasteiger partial charge in [0.1, 0.15) is 23.7 Å². The Bertz CT molecular complexity index is 1410. The molecule has 1 N–H and O–H groups in total. The number of likely N-dealkylation sites (tertiary alicyclic amines) is 1. The summed E-state index contributed by atoms with van der Waals surface area (Å²) in [4.78, 5) is 35.7. The first-order valence-electron chi connectivity index (χ1n) is 13.2. The standard InChI is InChI=1S/C29H31F2N5O4/c1-39-23-5-6-25-21(12-23)13-26(33-25)28(38)35-17-22(16-34-9-7-19(14-32)8-10-34)36(27(37)18-35)15-20-3-2-4-24(11-20)40-29(30)31/h2-6,11-13,19,22,29,33H,7-10,15-18H2,1H3/t22-/m0/s1. The molecule has 0 spiro atoms. The third-order valence-electron chi connectivity index (χ3n) is 7.58. The van der Waals surface area contributed by atoms with Gasteiger partial charge in [-0.2, -0.15) is 14.0 Å². The number of hydrogen-bond acceptors (Lipinski definition) is 6. The zero-order valence-corrected chi connectivity index (χ0v) is 22.2. The Morgan fingerprint density at radius 1 is 1.15 bits per heavy atom. The van der Waals surface area contributed by atoms with E-state index in [4.69, 9.17) is 4.74 Å². The fourth-order valence-corrected chi connectivity index (χ4v) is 5.49. The van der Waals surface area contributed by atoms with Crippen molar-refractivity contribution in [1.29, 1.82) is 5.26 Å². The first kappa shape index (κ1) is 27.4. The number of carbonyl (C=O) groups is 2. The highest BCUT2D eigenvalue weighted by molar-refractivity contribution is 6.00. The highest BCUT2D eigenvalue weighted by Gasteiger charge is 2.37. The minimum Gasteiger partial charge on any atom is -0.497 e. The van der Waals surface area contributed by atoms with Gasteiger partial charge in [0, 0.05) is 36.5 Å². The van der Waals surface area contributed by atoms with E-state index in [1.54, 1.807) is 35.1 Å². The molecule has 5 rings (SSSR count). The van der Waals surface area contributed by atoms with E-state index in [2.05, 4.69) is 20.7 Å². The van der Waals surface area contributed by atoms with Crippen molar-refractivity contribution in [1.82, 2.24) is 19.7 Å². The van der Waals surface area contributed by atoms with Gasteiger partial charge in [0.25, 0.3) is 5.91 Å². The number of halogens is 2. The summed E-state index contributed by atoms with van der Waals surface area (Å²) < 4.78 is 35.3. The number of ether oxygens (including phenoxy) is 2. The average Bonchev–Trinajstić information content (AvgIpc) is 3.38. The maximum Gasteiger partial charge on any atom is 0.387 e. The number of rotatable bonds is 8. The summed E-state index contributed by atoms with van der Waals surface area (Å²) in [6.07, 6.45) is 1.51. The molecule has 3 aromatic rings. The number of H-pyrrole nitrogens is 1. The molecule has 1 atom stereocenters. The minimum atomic E-state index is -2.94. The van der Waals surface area contributed by atoms with Crippen molar-refractivity contribution in [3.8, 4) is 17.6 Å². The van der Waals surface area contributed by atoms with Crippen LogP contribution in [0.5, 0.6) is 11.5 Å². The molecule has 2 aliphatic heterocycles. The molecule has 2 fully saturated rings. The number of benzene rings is 2. The summed E-state index contributed by atoms with van der Waals surface area (Å²) in [5.74, 6) is 0.228. The van der Waals surface area contributed by atoms with E-state index in [-0.39, 0.29) is 42.6 Å². The number of alkyl halides is 2. The highest BCUT2D eigenvalue weighted by Crippen LogP contribution is 2.25. The lowest BCUT2D eigenvalue weighted by Crippen LogP contribution is -2.60. The number of nitrogens with one attached hydrogen (secondary N) is 1. The normalized spacial score (nSPS) is 18.8. The van der Waals surface area contributed by atoms with Gasteiger partial charge in [0.15, 0.2) is 0 Å². The van der Waals surface area contributed by atoms with E-state index in [0.717, 1.165) is 36.8 Å². The first-order valence-corrected chi connectivity index (χ1v) is 13.2. The van der Waals surface area contributed by atoms with Crippen molar-refractivity contribution >= 4 is 22.7 Å². The number of piperidine rings is 1. The molecule has 2 saturated heterocycles. The molecule has 210 valence electrons. The molecule has 11 heteroatoms. The summed E-state index contributed by atoms with van der Waals surface area (Å²) in [5, 5.41) is 10.1. The highest BCUT2D eigenvalue weighted by atomic mass is 19.3. The number of nitrogens with zero attached hydrogens (tertiary/aromatic N) is 4. The number of methoxy groups -OCH3 is 1. The molecular weight excluding hydrogens is 520 g/mol. The lowest BCUT2D eigenvalue weighted by molar-refractivity contribution is -0.140. The summed E-state index contributed by atoms with van der Waals surface area (Å²) in [7, 11) is 1.58. The van der Waals surface area contributed by atoms with E-state index in [1.807, 2.05) is 18.2 Å². The Kier molecular flexibility index (Phi) is 8.16. The number of carbonyl (C=O) groups excluding carboxylic acids is 2. The predicted molar refractivity (Wildman–Crippen MR) is 143 cm³/mol. The summed E-state index contributed by atoms with van der Waals surface area (Å²) in [5.41, 5.74) is 1.83. The summed E-state index contributed by atoms with van der Waals surface area (Å²) >= 11 is 0. The third kappa shape index (κ3) is 6.18. The van der Waals surface area contributed by atoms with E-state index >= 15 is 0 Å². The van der Waals surface area contributed by atoms with Gasteiger partial charge in [-0.1, -0.05) is 12.1 Å². The average molecular weight is 552 g/mol. The number of aromatic amines is 1. The number of hydrogen-bond donors (Lipinski definition) is 1. The van der Waals surface area contributed by atoms with Gasteiger partial charge in [-0.05, 0) is 67.9 Å². The van der Waals surface area contributed by atoms with Crippen LogP contribution in [0.25, 0.3) is 10.9 Å². The number of aromatic nitrogens is 1. The topological polar surface area (TPSA) is 102 Å². The van der Waals surface area contributed by atoms with Gasteiger partial charge in [-0.25, -0.2) is 0 Å². The van der Waals surface area contributed by atoms with E-state index in [1.165, 1.54) is 12.1 Å². The Morgan fingerprint density at radius 3 is 2.67 bits per heavy atom. The second kappa shape index (κ2) is 11.9. The zero-order chi connectivity index (χ0) is 28.2. The van der Waals surface area contributed by atoms with Crippen LogP contribution in [-0.4, -0.2) is 84.0 Å². The smallest absolute Gasteiger partial charge is 0.387 e. The first-order chi connectivity index (χ1) is 19.3. The van der Waals surface area contributed by atoms with E-state index in [9.17, 15) is 23.6 Å². The lowest BCUT2D eigenvalue weighted by atomic mass is 9.97. The van der Waals surface area contributed by atoms with Crippen molar-refractivity contribution in [2.24, 2.45) is 5.92 Å². The number of piperazine rings is 1. The third-order valence-corrected chi connectivity index (χ3v) is 7.58. The largest absolute Gasteiger partial charge is 0.497 e. The quantitative estimate of drug-likeness (QED) is 0.456. The van der Waals surface area contributed by atoms with Crippen LogP contribution >= 0.6 is 0 Å².